The molecule has 9 heteroatoms. The number of carbonyl (C=O) groups excluding carboxylic acids is 1. The summed E-state index contributed by atoms with van der Waals surface area (Å²) in [6, 6.07) is 11.0. The lowest BCUT2D eigenvalue weighted by Gasteiger charge is -2.16. The lowest BCUT2D eigenvalue weighted by Crippen LogP contribution is -2.22. The Hall–Kier alpha value is -3.20. The molecule has 3 aromatic rings. The predicted octanol–water partition coefficient (Wildman–Crippen LogP) is 4.39. The molecule has 1 heterocycles. The molecular formula is C25H29BrN4O4. The summed E-state index contributed by atoms with van der Waals surface area (Å²) in [5.74, 6) is 0.572. The number of carbonyl (C=O) groups is 1. The van der Waals surface area contributed by atoms with Crippen molar-refractivity contribution in [3.8, 4) is 5.75 Å². The molecule has 3 rings (SSSR count). The second-order valence-electron chi connectivity index (χ2n) is 8.24. The highest BCUT2D eigenvalue weighted by Gasteiger charge is 2.13. The average Bonchev–Trinajstić information content (AvgIpc) is 2.78. The van der Waals surface area contributed by atoms with Crippen LogP contribution in [0.3, 0.4) is 0 Å². The molecule has 34 heavy (non-hydrogen) atoms. The summed E-state index contributed by atoms with van der Waals surface area (Å²) in [5, 5.41) is 4.95. The van der Waals surface area contributed by atoms with Crippen LogP contribution in [0.15, 0.2) is 50.8 Å². The smallest absolute Gasteiger partial charge is 0.344 e. The van der Waals surface area contributed by atoms with Gasteiger partial charge in [0.15, 0.2) is 6.61 Å². The molecule has 0 radical (unpaired) electrons. The van der Waals surface area contributed by atoms with E-state index in [1.54, 1.807) is 26.1 Å². The van der Waals surface area contributed by atoms with E-state index in [2.05, 4.69) is 26.0 Å². The second-order valence-corrected chi connectivity index (χ2v) is 9.16. The zero-order valence-corrected chi connectivity index (χ0v) is 21.6. The summed E-state index contributed by atoms with van der Waals surface area (Å²) < 4.78 is 13.1. The number of aryl methyl sites for hydroxylation is 1. The van der Waals surface area contributed by atoms with E-state index in [0.29, 0.717) is 34.5 Å². The summed E-state index contributed by atoms with van der Waals surface area (Å²) in [7, 11) is 3.82. The Morgan fingerprint density at radius 1 is 1.24 bits per heavy atom. The number of hydrogen-bond acceptors (Lipinski definition) is 7. The van der Waals surface area contributed by atoms with Crippen LogP contribution in [0.5, 0.6) is 5.75 Å². The van der Waals surface area contributed by atoms with Gasteiger partial charge in [-0.1, -0.05) is 22.9 Å². The summed E-state index contributed by atoms with van der Waals surface area (Å²) in [5.41, 5.74) is 1.89. The van der Waals surface area contributed by atoms with Gasteiger partial charge >= 0.3 is 5.97 Å². The molecule has 0 N–H and O–H groups in total. The third-order valence-electron chi connectivity index (χ3n) is 4.89. The molecule has 0 fully saturated rings. The topological polar surface area (TPSA) is 86.0 Å². The lowest BCUT2D eigenvalue weighted by molar-refractivity contribution is -0.149. The van der Waals surface area contributed by atoms with Crippen molar-refractivity contribution >= 4 is 44.7 Å². The van der Waals surface area contributed by atoms with Crippen LogP contribution in [-0.2, 0) is 16.0 Å². The maximum absolute atomic E-state index is 13.2. The zero-order chi connectivity index (χ0) is 24.8. The van der Waals surface area contributed by atoms with E-state index in [0.717, 1.165) is 16.6 Å². The molecule has 0 amide bonds. The van der Waals surface area contributed by atoms with Crippen LogP contribution in [0.25, 0.3) is 10.9 Å². The van der Waals surface area contributed by atoms with Crippen molar-refractivity contribution in [2.45, 2.75) is 39.7 Å². The molecule has 0 saturated carbocycles. The number of anilines is 1. The minimum absolute atomic E-state index is 0.227. The summed E-state index contributed by atoms with van der Waals surface area (Å²) in [6.45, 7) is 5.35. The number of benzene rings is 2. The van der Waals surface area contributed by atoms with Crippen molar-refractivity contribution < 1.29 is 14.3 Å². The van der Waals surface area contributed by atoms with Crippen LogP contribution >= 0.6 is 15.9 Å². The molecule has 1 aromatic heterocycles. The first-order valence-electron chi connectivity index (χ1n) is 11.1. The maximum Gasteiger partial charge on any atom is 0.344 e. The van der Waals surface area contributed by atoms with Crippen molar-refractivity contribution in [2.24, 2.45) is 5.10 Å². The zero-order valence-electron chi connectivity index (χ0n) is 20.0. The van der Waals surface area contributed by atoms with Crippen molar-refractivity contribution in [1.82, 2.24) is 9.66 Å². The third-order valence-corrected chi connectivity index (χ3v) is 5.38. The van der Waals surface area contributed by atoms with E-state index >= 15 is 0 Å². The van der Waals surface area contributed by atoms with Gasteiger partial charge < -0.3 is 14.4 Å². The van der Waals surface area contributed by atoms with Crippen LogP contribution in [0.1, 0.15) is 38.6 Å². The van der Waals surface area contributed by atoms with Crippen molar-refractivity contribution in [3.63, 3.8) is 0 Å². The lowest BCUT2D eigenvalue weighted by atomic mass is 10.2. The summed E-state index contributed by atoms with van der Waals surface area (Å²) in [6.07, 6.45) is 2.74. The SMILES string of the molecule is CCCc1nc2ccc(Br)cc2c(=O)n1N=Cc1ccc(N(C)C)cc1OCC(=O)OC(C)C. The molecule has 0 aliphatic rings. The number of esters is 1. The fourth-order valence-electron chi connectivity index (χ4n) is 3.29. The highest BCUT2D eigenvalue weighted by Crippen LogP contribution is 2.24. The monoisotopic (exact) mass is 528 g/mol. The summed E-state index contributed by atoms with van der Waals surface area (Å²) in [4.78, 5) is 31.8. The molecule has 8 nitrogen and oxygen atoms in total. The van der Waals surface area contributed by atoms with Gasteiger partial charge in [-0.15, -0.1) is 0 Å². The van der Waals surface area contributed by atoms with Crippen LogP contribution < -0.4 is 15.2 Å². The number of hydrogen-bond donors (Lipinski definition) is 0. The normalized spacial score (nSPS) is 11.4. The van der Waals surface area contributed by atoms with E-state index < -0.39 is 5.97 Å². The Labute approximate surface area is 207 Å². The molecule has 0 aliphatic heterocycles. The van der Waals surface area contributed by atoms with Crippen LogP contribution in [0, 0.1) is 0 Å². The van der Waals surface area contributed by atoms with Gasteiger partial charge in [-0.2, -0.15) is 9.78 Å². The van der Waals surface area contributed by atoms with Crippen molar-refractivity contribution in [2.75, 3.05) is 25.6 Å². The minimum Gasteiger partial charge on any atom is -0.481 e. The molecule has 0 spiro atoms. The molecule has 0 aliphatic carbocycles. The largest absolute Gasteiger partial charge is 0.481 e. The van der Waals surface area contributed by atoms with E-state index in [4.69, 9.17) is 9.47 Å². The quantitative estimate of drug-likeness (QED) is 0.302. The Morgan fingerprint density at radius 2 is 2.00 bits per heavy atom. The Bertz CT molecular complexity index is 1270. The number of fused-ring (bicyclic) bond motifs is 1. The number of aromatic nitrogens is 2. The molecular weight excluding hydrogens is 500 g/mol. The van der Waals surface area contributed by atoms with Crippen molar-refractivity contribution in [3.05, 3.63) is 62.6 Å². The van der Waals surface area contributed by atoms with Crippen LogP contribution in [0.2, 0.25) is 0 Å². The fourth-order valence-corrected chi connectivity index (χ4v) is 3.65. The van der Waals surface area contributed by atoms with E-state index in [9.17, 15) is 9.59 Å². The van der Waals surface area contributed by atoms with Gasteiger partial charge in [0.25, 0.3) is 5.56 Å². The highest BCUT2D eigenvalue weighted by atomic mass is 79.9. The van der Waals surface area contributed by atoms with Gasteiger partial charge in [0.05, 0.1) is 23.2 Å². The Kier molecular flexibility index (Phi) is 8.44. The predicted molar refractivity (Wildman–Crippen MR) is 138 cm³/mol. The van der Waals surface area contributed by atoms with Crippen LogP contribution in [0.4, 0.5) is 5.69 Å². The molecule has 180 valence electrons. The molecule has 2 aromatic carbocycles. The van der Waals surface area contributed by atoms with E-state index in [1.165, 1.54) is 4.68 Å². The standard InChI is InChI=1S/C25H29BrN4O4/c1-6-7-23-28-21-11-9-18(26)12-20(21)25(32)30(23)27-14-17-8-10-19(29(4)5)13-22(17)33-15-24(31)34-16(2)3/h8-14,16H,6-7,15H2,1-5H3. The van der Waals surface area contributed by atoms with Gasteiger partial charge in [-0.05, 0) is 50.6 Å². The first-order chi connectivity index (χ1) is 16.2. The first-order valence-corrected chi connectivity index (χ1v) is 11.9. The average molecular weight is 529 g/mol. The first kappa shape index (κ1) is 25.4. The molecule has 0 unspecified atom stereocenters. The second kappa shape index (κ2) is 11.3. The van der Waals surface area contributed by atoms with Crippen LogP contribution in [-0.4, -0.2) is 48.7 Å². The van der Waals surface area contributed by atoms with Crippen molar-refractivity contribution in [1.29, 1.82) is 0 Å². The molecule has 0 bridgehead atoms. The fraction of sp³-hybridized carbons (Fsp3) is 0.360. The van der Waals surface area contributed by atoms with Gasteiger partial charge in [0.2, 0.25) is 0 Å². The summed E-state index contributed by atoms with van der Waals surface area (Å²) >= 11 is 3.42. The van der Waals surface area contributed by atoms with E-state index in [1.807, 2.05) is 56.3 Å². The Morgan fingerprint density at radius 3 is 2.68 bits per heavy atom. The minimum atomic E-state index is -0.459. The van der Waals surface area contributed by atoms with Gasteiger partial charge in [-0.3, -0.25) is 4.79 Å². The molecule has 0 atom stereocenters. The number of ether oxygens (including phenoxy) is 2. The number of rotatable bonds is 9. The Balaban J connectivity index is 2.02. The van der Waals surface area contributed by atoms with E-state index in [-0.39, 0.29) is 18.3 Å². The number of nitrogens with zero attached hydrogens (tertiary/aromatic N) is 4. The molecule has 0 saturated heterocycles. The highest BCUT2D eigenvalue weighted by molar-refractivity contribution is 9.10. The van der Waals surface area contributed by atoms with Gasteiger partial charge in [-0.25, -0.2) is 9.78 Å². The van der Waals surface area contributed by atoms with Gasteiger partial charge in [0.1, 0.15) is 11.6 Å². The third kappa shape index (κ3) is 6.22. The maximum atomic E-state index is 13.2. The van der Waals surface area contributed by atoms with Gasteiger partial charge in [0, 0.05) is 42.3 Å². The number of halogens is 1.